The summed E-state index contributed by atoms with van der Waals surface area (Å²) in [6.45, 7) is 4.36. The van der Waals surface area contributed by atoms with Crippen LogP contribution in [0.5, 0.6) is 0 Å². The predicted octanol–water partition coefficient (Wildman–Crippen LogP) is 1.71. The zero-order chi connectivity index (χ0) is 15.1. The molecule has 0 heterocycles. The number of amides is 1. The van der Waals surface area contributed by atoms with Gasteiger partial charge < -0.3 is 15.8 Å². The molecule has 1 atom stereocenters. The molecule has 1 rings (SSSR count). The lowest BCUT2D eigenvalue weighted by Crippen LogP contribution is -2.43. The molecule has 1 unspecified atom stereocenters. The van der Waals surface area contributed by atoms with Crippen molar-refractivity contribution in [1.29, 1.82) is 0 Å². The summed E-state index contributed by atoms with van der Waals surface area (Å²) in [7, 11) is 1.74. The van der Waals surface area contributed by atoms with Gasteiger partial charge in [-0.3, -0.25) is 4.79 Å². The van der Waals surface area contributed by atoms with Crippen molar-refractivity contribution in [2.24, 2.45) is 22.7 Å². The Kier molecular flexibility index (Phi) is 6.03. The number of carbonyl (C=O) groups is 1. The van der Waals surface area contributed by atoms with Crippen LogP contribution >= 0.6 is 0 Å². The number of amidine groups is 1. The number of hydrogen-bond acceptors (Lipinski definition) is 3. The quantitative estimate of drug-likeness (QED) is 0.359. The summed E-state index contributed by atoms with van der Waals surface area (Å²) in [4.78, 5) is 14.0. The Bertz CT molecular complexity index is 457. The average molecular weight is 277 g/mol. The Hall–Kier alpha value is -2.04. The molecule has 0 fully saturated rings. The fraction of sp³-hybridized carbons (Fsp3) is 0.467. The van der Waals surface area contributed by atoms with Crippen molar-refractivity contribution in [3.05, 3.63) is 35.9 Å². The lowest BCUT2D eigenvalue weighted by atomic mass is 9.93. The third kappa shape index (κ3) is 4.26. The molecule has 1 amide bonds. The van der Waals surface area contributed by atoms with Crippen molar-refractivity contribution in [2.45, 2.75) is 20.3 Å². The molecule has 0 radical (unpaired) electrons. The molecule has 110 valence electrons. The Balaban J connectivity index is 2.65. The van der Waals surface area contributed by atoms with Crippen molar-refractivity contribution in [2.75, 3.05) is 13.6 Å². The molecule has 5 heteroatoms. The Morgan fingerprint density at radius 1 is 1.35 bits per heavy atom. The first-order valence-corrected chi connectivity index (χ1v) is 6.73. The first-order chi connectivity index (χ1) is 9.47. The Labute approximate surface area is 120 Å². The number of benzene rings is 1. The van der Waals surface area contributed by atoms with Crippen LogP contribution in [-0.2, 0) is 11.2 Å². The van der Waals surface area contributed by atoms with Gasteiger partial charge in [0.05, 0.1) is 0 Å². The number of rotatable bonds is 6. The summed E-state index contributed by atoms with van der Waals surface area (Å²) in [5, 5.41) is 11.8. The summed E-state index contributed by atoms with van der Waals surface area (Å²) in [6, 6.07) is 9.98. The molecule has 0 aliphatic heterocycles. The Morgan fingerprint density at radius 3 is 2.45 bits per heavy atom. The van der Waals surface area contributed by atoms with Crippen LogP contribution in [0.3, 0.4) is 0 Å². The van der Waals surface area contributed by atoms with Crippen LogP contribution in [0.1, 0.15) is 19.4 Å². The molecule has 1 aromatic rings. The van der Waals surface area contributed by atoms with Gasteiger partial charge in [-0.25, -0.2) is 0 Å². The number of carbonyl (C=O) groups excluding carboxylic acids is 1. The molecule has 0 bridgehead atoms. The van der Waals surface area contributed by atoms with E-state index in [0.29, 0.717) is 6.54 Å². The molecule has 0 aliphatic carbocycles. The van der Waals surface area contributed by atoms with E-state index in [9.17, 15) is 4.79 Å². The van der Waals surface area contributed by atoms with Crippen LogP contribution in [0.2, 0.25) is 0 Å². The van der Waals surface area contributed by atoms with Crippen LogP contribution < -0.4 is 5.73 Å². The minimum absolute atomic E-state index is 0.0161. The standard InChI is InChI=1S/C15H23N3O2/c1-11(2)13(14(16)17-20)15(19)18(3)10-9-12-7-5-4-6-8-12/h4-8,11,13,20H,9-10H2,1-3H3,(H2,16,17). The molecule has 5 nitrogen and oxygen atoms in total. The minimum Gasteiger partial charge on any atom is -0.409 e. The second kappa shape index (κ2) is 7.53. The predicted molar refractivity (Wildman–Crippen MR) is 79.5 cm³/mol. The van der Waals surface area contributed by atoms with E-state index in [0.717, 1.165) is 6.42 Å². The summed E-state index contributed by atoms with van der Waals surface area (Å²) in [6.07, 6.45) is 0.782. The van der Waals surface area contributed by atoms with Gasteiger partial charge in [0, 0.05) is 13.6 Å². The van der Waals surface area contributed by atoms with E-state index in [1.165, 1.54) is 5.56 Å². The van der Waals surface area contributed by atoms with Crippen molar-refractivity contribution in [3.8, 4) is 0 Å². The number of likely N-dealkylation sites (N-methyl/N-ethyl adjacent to an activating group) is 1. The van der Waals surface area contributed by atoms with Crippen molar-refractivity contribution >= 4 is 11.7 Å². The molecule has 3 N–H and O–H groups in total. The Morgan fingerprint density at radius 2 is 1.95 bits per heavy atom. The maximum absolute atomic E-state index is 12.4. The zero-order valence-corrected chi connectivity index (χ0v) is 12.3. The van der Waals surface area contributed by atoms with Gasteiger partial charge in [-0.05, 0) is 17.9 Å². The van der Waals surface area contributed by atoms with E-state index >= 15 is 0 Å². The minimum atomic E-state index is -0.583. The molecule has 0 saturated carbocycles. The van der Waals surface area contributed by atoms with Crippen LogP contribution in [0.15, 0.2) is 35.5 Å². The summed E-state index contributed by atoms with van der Waals surface area (Å²) < 4.78 is 0. The number of nitrogens with zero attached hydrogens (tertiary/aromatic N) is 2. The van der Waals surface area contributed by atoms with Crippen LogP contribution in [0.4, 0.5) is 0 Å². The van der Waals surface area contributed by atoms with Crippen molar-refractivity contribution < 1.29 is 10.0 Å². The van der Waals surface area contributed by atoms with Gasteiger partial charge >= 0.3 is 0 Å². The van der Waals surface area contributed by atoms with Crippen LogP contribution in [0, 0.1) is 11.8 Å². The van der Waals surface area contributed by atoms with E-state index in [2.05, 4.69) is 5.16 Å². The molecule has 0 aliphatic rings. The summed E-state index contributed by atoms with van der Waals surface area (Å²) in [5.74, 6) is -0.749. The van der Waals surface area contributed by atoms with Crippen LogP contribution in [0.25, 0.3) is 0 Å². The topological polar surface area (TPSA) is 78.9 Å². The summed E-state index contributed by atoms with van der Waals surface area (Å²) >= 11 is 0. The maximum Gasteiger partial charge on any atom is 0.233 e. The maximum atomic E-state index is 12.4. The van der Waals surface area contributed by atoms with Gasteiger partial charge in [0.2, 0.25) is 5.91 Å². The monoisotopic (exact) mass is 277 g/mol. The summed E-state index contributed by atoms with van der Waals surface area (Å²) in [5.41, 5.74) is 6.79. The van der Waals surface area contributed by atoms with Gasteiger partial charge in [-0.1, -0.05) is 49.3 Å². The SMILES string of the molecule is CC(C)C(C(=O)N(C)CCc1ccccc1)C(N)=NO. The number of oxime groups is 1. The normalized spacial score (nSPS) is 13.3. The smallest absolute Gasteiger partial charge is 0.233 e. The highest BCUT2D eigenvalue weighted by Crippen LogP contribution is 2.14. The largest absolute Gasteiger partial charge is 0.409 e. The number of hydrogen-bond donors (Lipinski definition) is 2. The molecule has 1 aromatic carbocycles. The molecular weight excluding hydrogens is 254 g/mol. The second-order valence-corrected chi connectivity index (χ2v) is 5.24. The molecule has 0 saturated heterocycles. The van der Waals surface area contributed by atoms with Gasteiger partial charge in [-0.2, -0.15) is 0 Å². The molecule has 20 heavy (non-hydrogen) atoms. The first-order valence-electron chi connectivity index (χ1n) is 6.73. The van der Waals surface area contributed by atoms with E-state index in [-0.39, 0.29) is 17.7 Å². The second-order valence-electron chi connectivity index (χ2n) is 5.24. The highest BCUT2D eigenvalue weighted by atomic mass is 16.4. The third-order valence-corrected chi connectivity index (χ3v) is 3.32. The molecule has 0 spiro atoms. The van der Waals surface area contributed by atoms with Gasteiger partial charge in [0.25, 0.3) is 0 Å². The molecular formula is C15H23N3O2. The van der Waals surface area contributed by atoms with E-state index < -0.39 is 5.92 Å². The zero-order valence-electron chi connectivity index (χ0n) is 12.3. The highest BCUT2D eigenvalue weighted by molar-refractivity contribution is 6.02. The van der Waals surface area contributed by atoms with Gasteiger partial charge in [0.15, 0.2) is 5.84 Å². The van der Waals surface area contributed by atoms with Gasteiger partial charge in [0.1, 0.15) is 5.92 Å². The lowest BCUT2D eigenvalue weighted by Gasteiger charge is -2.25. The van der Waals surface area contributed by atoms with E-state index in [1.54, 1.807) is 11.9 Å². The van der Waals surface area contributed by atoms with E-state index in [1.807, 2.05) is 44.2 Å². The first kappa shape index (κ1) is 16.0. The fourth-order valence-electron chi connectivity index (χ4n) is 2.10. The lowest BCUT2D eigenvalue weighted by molar-refractivity contribution is -0.133. The number of nitrogens with two attached hydrogens (primary N) is 1. The van der Waals surface area contributed by atoms with Crippen LogP contribution in [-0.4, -0.2) is 35.4 Å². The third-order valence-electron chi connectivity index (χ3n) is 3.32. The fourth-order valence-corrected chi connectivity index (χ4v) is 2.10. The van der Waals surface area contributed by atoms with E-state index in [4.69, 9.17) is 10.9 Å². The van der Waals surface area contributed by atoms with Gasteiger partial charge in [-0.15, -0.1) is 0 Å². The van der Waals surface area contributed by atoms with Crippen molar-refractivity contribution in [1.82, 2.24) is 4.90 Å². The van der Waals surface area contributed by atoms with Crippen molar-refractivity contribution in [3.63, 3.8) is 0 Å². The molecule has 0 aromatic heterocycles. The average Bonchev–Trinajstić information content (AvgIpc) is 2.45. The highest BCUT2D eigenvalue weighted by Gasteiger charge is 2.29.